The molecule has 2 aromatic rings. The Morgan fingerprint density at radius 3 is 2.05 bits per heavy atom. The summed E-state index contributed by atoms with van der Waals surface area (Å²) in [6, 6.07) is 19.5. The summed E-state index contributed by atoms with van der Waals surface area (Å²) in [6.07, 6.45) is 0.956. The largest absolute Gasteiger partial charge is 0.278 e. The topological polar surface area (TPSA) is 37.4 Å². The van der Waals surface area contributed by atoms with E-state index >= 15 is 0 Å². The smallest absolute Gasteiger partial charge is 0.233 e. The first-order chi connectivity index (χ1) is 10.2. The standard InChI is InChI=1S/C18H17NO2/c20-17-12-16(11-14-7-3-1-4-8-14)18(21)19(17)13-15-9-5-2-6-10-15/h1-10,16H,11-13H2/t16-/m0/s1. The summed E-state index contributed by atoms with van der Waals surface area (Å²) >= 11 is 0. The molecule has 0 N–H and O–H groups in total. The SMILES string of the molecule is O=C1C[C@H](Cc2ccccc2)C(=O)N1Cc1ccccc1. The molecule has 1 heterocycles. The van der Waals surface area contributed by atoms with Crippen molar-refractivity contribution >= 4 is 11.8 Å². The van der Waals surface area contributed by atoms with Crippen LogP contribution >= 0.6 is 0 Å². The Hall–Kier alpha value is -2.42. The number of carbonyl (C=O) groups excluding carboxylic acids is 2. The van der Waals surface area contributed by atoms with E-state index in [0.29, 0.717) is 19.4 Å². The molecule has 3 nitrogen and oxygen atoms in total. The fourth-order valence-electron chi connectivity index (χ4n) is 2.74. The summed E-state index contributed by atoms with van der Waals surface area (Å²) in [5.41, 5.74) is 2.09. The van der Waals surface area contributed by atoms with Gasteiger partial charge in [-0.15, -0.1) is 0 Å². The van der Waals surface area contributed by atoms with Crippen LogP contribution in [0.3, 0.4) is 0 Å². The molecular formula is C18H17NO2. The first kappa shape index (κ1) is 13.6. The lowest BCUT2D eigenvalue weighted by Crippen LogP contribution is -2.30. The maximum absolute atomic E-state index is 12.4. The molecule has 0 radical (unpaired) electrons. The molecule has 3 rings (SSSR count). The van der Waals surface area contributed by atoms with Crippen LogP contribution in [-0.2, 0) is 22.6 Å². The fourth-order valence-corrected chi connectivity index (χ4v) is 2.74. The highest BCUT2D eigenvalue weighted by molar-refractivity contribution is 6.03. The maximum Gasteiger partial charge on any atom is 0.233 e. The second-order valence-corrected chi connectivity index (χ2v) is 5.39. The molecule has 106 valence electrons. The van der Waals surface area contributed by atoms with Gasteiger partial charge in [0.2, 0.25) is 11.8 Å². The Morgan fingerprint density at radius 2 is 1.43 bits per heavy atom. The molecule has 0 aromatic heterocycles. The Morgan fingerprint density at radius 1 is 0.857 bits per heavy atom. The minimum absolute atomic E-state index is 0.0484. The molecule has 3 heteroatoms. The van der Waals surface area contributed by atoms with Crippen molar-refractivity contribution in [3.8, 4) is 0 Å². The molecule has 2 aromatic carbocycles. The number of benzene rings is 2. The predicted molar refractivity (Wildman–Crippen MR) is 80.3 cm³/mol. The fraction of sp³-hybridized carbons (Fsp3) is 0.222. The van der Waals surface area contributed by atoms with Crippen molar-refractivity contribution in [2.45, 2.75) is 19.4 Å². The first-order valence-corrected chi connectivity index (χ1v) is 7.16. The highest BCUT2D eigenvalue weighted by Gasteiger charge is 2.38. The Labute approximate surface area is 124 Å². The predicted octanol–water partition coefficient (Wildman–Crippen LogP) is 2.80. The van der Waals surface area contributed by atoms with Gasteiger partial charge in [0.1, 0.15) is 0 Å². The number of hydrogen-bond donors (Lipinski definition) is 0. The zero-order chi connectivity index (χ0) is 14.7. The zero-order valence-corrected chi connectivity index (χ0v) is 11.7. The Balaban J connectivity index is 1.70. The van der Waals surface area contributed by atoms with Crippen LogP contribution in [0.15, 0.2) is 60.7 Å². The summed E-state index contributed by atoms with van der Waals surface area (Å²) in [6.45, 7) is 0.379. The van der Waals surface area contributed by atoms with Gasteiger partial charge in [0.25, 0.3) is 0 Å². The molecule has 0 spiro atoms. The summed E-state index contributed by atoms with van der Waals surface area (Å²) in [7, 11) is 0. The van der Waals surface area contributed by atoms with E-state index < -0.39 is 0 Å². The van der Waals surface area contributed by atoms with Crippen LogP contribution in [-0.4, -0.2) is 16.7 Å². The molecule has 0 aliphatic carbocycles. The minimum atomic E-state index is -0.219. The third-order valence-electron chi connectivity index (χ3n) is 3.85. The van der Waals surface area contributed by atoms with E-state index in [1.165, 1.54) is 4.90 Å². The van der Waals surface area contributed by atoms with Crippen LogP contribution in [0.2, 0.25) is 0 Å². The van der Waals surface area contributed by atoms with E-state index in [1.54, 1.807) is 0 Å². The molecule has 1 atom stereocenters. The van der Waals surface area contributed by atoms with E-state index in [0.717, 1.165) is 11.1 Å². The van der Waals surface area contributed by atoms with Crippen LogP contribution < -0.4 is 0 Å². The van der Waals surface area contributed by atoms with E-state index in [1.807, 2.05) is 60.7 Å². The van der Waals surface area contributed by atoms with Crippen molar-refractivity contribution in [1.29, 1.82) is 0 Å². The lowest BCUT2D eigenvalue weighted by molar-refractivity contribution is -0.140. The Bertz CT molecular complexity index is 637. The number of amides is 2. The minimum Gasteiger partial charge on any atom is -0.278 e. The van der Waals surface area contributed by atoms with Crippen LogP contribution in [0.25, 0.3) is 0 Å². The average molecular weight is 279 g/mol. The van der Waals surface area contributed by atoms with Gasteiger partial charge < -0.3 is 0 Å². The summed E-state index contributed by atoms with van der Waals surface area (Å²) in [5, 5.41) is 0. The highest BCUT2D eigenvalue weighted by atomic mass is 16.2. The third-order valence-corrected chi connectivity index (χ3v) is 3.85. The molecule has 0 saturated carbocycles. The summed E-state index contributed by atoms with van der Waals surface area (Å²) < 4.78 is 0. The van der Waals surface area contributed by atoms with Crippen molar-refractivity contribution in [2.75, 3.05) is 0 Å². The van der Waals surface area contributed by atoms with Crippen molar-refractivity contribution in [2.24, 2.45) is 5.92 Å². The van der Waals surface area contributed by atoms with Crippen LogP contribution in [0.5, 0.6) is 0 Å². The maximum atomic E-state index is 12.4. The quantitative estimate of drug-likeness (QED) is 0.807. The monoisotopic (exact) mass is 279 g/mol. The number of nitrogens with zero attached hydrogens (tertiary/aromatic N) is 1. The highest BCUT2D eigenvalue weighted by Crippen LogP contribution is 2.25. The van der Waals surface area contributed by atoms with E-state index in [-0.39, 0.29) is 17.7 Å². The zero-order valence-electron chi connectivity index (χ0n) is 11.7. The van der Waals surface area contributed by atoms with Gasteiger partial charge in [-0.25, -0.2) is 0 Å². The van der Waals surface area contributed by atoms with E-state index in [9.17, 15) is 9.59 Å². The molecule has 1 fully saturated rings. The molecule has 2 amide bonds. The van der Waals surface area contributed by atoms with E-state index in [4.69, 9.17) is 0 Å². The summed E-state index contributed by atoms with van der Waals surface area (Å²) in [4.78, 5) is 25.9. The van der Waals surface area contributed by atoms with Crippen molar-refractivity contribution in [1.82, 2.24) is 4.90 Å². The van der Waals surface area contributed by atoms with Gasteiger partial charge in [-0.1, -0.05) is 60.7 Å². The van der Waals surface area contributed by atoms with Crippen molar-refractivity contribution < 1.29 is 9.59 Å². The lowest BCUT2D eigenvalue weighted by atomic mass is 9.98. The lowest BCUT2D eigenvalue weighted by Gasteiger charge is -2.15. The van der Waals surface area contributed by atoms with Gasteiger partial charge in [-0.2, -0.15) is 0 Å². The molecule has 21 heavy (non-hydrogen) atoms. The molecular weight excluding hydrogens is 262 g/mol. The molecule has 1 saturated heterocycles. The Kier molecular flexibility index (Phi) is 3.82. The molecule has 0 bridgehead atoms. The number of likely N-dealkylation sites (tertiary alicyclic amines) is 1. The van der Waals surface area contributed by atoms with E-state index in [2.05, 4.69) is 0 Å². The van der Waals surface area contributed by atoms with Crippen LogP contribution in [0, 0.1) is 5.92 Å². The number of imide groups is 1. The van der Waals surface area contributed by atoms with Crippen molar-refractivity contribution in [3.63, 3.8) is 0 Å². The van der Waals surface area contributed by atoms with Gasteiger partial charge in [0.05, 0.1) is 12.5 Å². The van der Waals surface area contributed by atoms with Gasteiger partial charge in [0, 0.05) is 6.42 Å². The second kappa shape index (κ2) is 5.92. The van der Waals surface area contributed by atoms with Crippen LogP contribution in [0.4, 0.5) is 0 Å². The summed E-state index contributed by atoms with van der Waals surface area (Å²) in [5.74, 6) is -0.332. The van der Waals surface area contributed by atoms with Gasteiger partial charge in [0.15, 0.2) is 0 Å². The second-order valence-electron chi connectivity index (χ2n) is 5.39. The average Bonchev–Trinajstić information content (AvgIpc) is 2.77. The normalized spacial score (nSPS) is 18.3. The van der Waals surface area contributed by atoms with Crippen molar-refractivity contribution in [3.05, 3.63) is 71.8 Å². The molecule has 0 unspecified atom stereocenters. The number of hydrogen-bond acceptors (Lipinski definition) is 2. The number of rotatable bonds is 4. The van der Waals surface area contributed by atoms with Gasteiger partial charge in [-0.05, 0) is 17.5 Å². The molecule has 1 aliphatic heterocycles. The van der Waals surface area contributed by atoms with Crippen LogP contribution in [0.1, 0.15) is 17.5 Å². The van der Waals surface area contributed by atoms with Gasteiger partial charge >= 0.3 is 0 Å². The third kappa shape index (κ3) is 3.02. The molecule has 1 aliphatic rings. The first-order valence-electron chi connectivity index (χ1n) is 7.16. The van der Waals surface area contributed by atoms with Gasteiger partial charge in [-0.3, -0.25) is 14.5 Å². The number of carbonyl (C=O) groups is 2.